The molecule has 0 bridgehead atoms. The van der Waals surface area contributed by atoms with Crippen LogP contribution in [0.3, 0.4) is 0 Å². The fourth-order valence-electron chi connectivity index (χ4n) is 3.21. The second-order valence-electron chi connectivity index (χ2n) is 6.95. The highest BCUT2D eigenvalue weighted by molar-refractivity contribution is 6.42. The second-order valence-corrected chi connectivity index (χ2v) is 8.61. The lowest BCUT2D eigenvalue weighted by Crippen LogP contribution is -2.32. The molecule has 2 unspecified atom stereocenters. The molecule has 0 saturated carbocycles. The van der Waals surface area contributed by atoms with Crippen molar-refractivity contribution in [3.63, 3.8) is 0 Å². The maximum atomic E-state index is 13.3. The lowest BCUT2D eigenvalue weighted by molar-refractivity contribution is -0.0275. The summed E-state index contributed by atoms with van der Waals surface area (Å²) in [6, 6.07) is 12.1. The Bertz CT molecular complexity index is 1040. The third-order valence-electron chi connectivity index (χ3n) is 4.67. The van der Waals surface area contributed by atoms with E-state index in [0.29, 0.717) is 44.4 Å². The van der Waals surface area contributed by atoms with Crippen LogP contribution in [-0.2, 0) is 9.47 Å². The zero-order chi connectivity index (χ0) is 23.1. The highest BCUT2D eigenvalue weighted by atomic mass is 35.5. The molecular weight excluding hydrogens is 492 g/mol. The molecule has 2 aromatic rings. The molecule has 1 aliphatic heterocycles. The van der Waals surface area contributed by atoms with Crippen molar-refractivity contribution in [2.24, 2.45) is 0 Å². The van der Waals surface area contributed by atoms with Crippen LogP contribution in [0, 0.1) is 0 Å². The van der Waals surface area contributed by atoms with Gasteiger partial charge in [0.15, 0.2) is 6.23 Å². The lowest BCUT2D eigenvalue weighted by Gasteiger charge is -2.24. The van der Waals surface area contributed by atoms with Gasteiger partial charge in [-0.25, -0.2) is 0 Å². The molecular formula is C24H21Cl4NO3. The van der Waals surface area contributed by atoms with Crippen LogP contribution in [0.4, 0.5) is 0 Å². The summed E-state index contributed by atoms with van der Waals surface area (Å²) < 4.78 is 11.9. The Morgan fingerprint density at radius 3 is 2.66 bits per heavy atom. The fraction of sp³-hybridized carbons (Fsp3) is 0.208. The van der Waals surface area contributed by atoms with Crippen molar-refractivity contribution in [2.75, 3.05) is 19.8 Å². The van der Waals surface area contributed by atoms with E-state index in [4.69, 9.17) is 55.9 Å². The van der Waals surface area contributed by atoms with Gasteiger partial charge in [-0.3, -0.25) is 4.79 Å². The van der Waals surface area contributed by atoms with Crippen LogP contribution in [0.25, 0.3) is 0 Å². The number of amides is 1. The molecule has 2 atom stereocenters. The Morgan fingerprint density at radius 1 is 1.16 bits per heavy atom. The van der Waals surface area contributed by atoms with E-state index in [1.165, 1.54) is 0 Å². The molecule has 4 nitrogen and oxygen atoms in total. The SMILES string of the molecule is C=C/C=C(Cl)\C=C/COCC1CN(C(=O)c2ccccc2Cl)C(c2ccc(Cl)c(Cl)c2)O1. The molecule has 0 radical (unpaired) electrons. The quantitative estimate of drug-likeness (QED) is 0.280. The number of hydrogen-bond donors (Lipinski definition) is 0. The highest BCUT2D eigenvalue weighted by Crippen LogP contribution is 2.35. The summed E-state index contributed by atoms with van der Waals surface area (Å²) in [7, 11) is 0. The van der Waals surface area contributed by atoms with Crippen molar-refractivity contribution in [3.05, 3.63) is 105 Å². The Hall–Kier alpha value is -1.79. The number of allylic oxidation sites excluding steroid dienone is 4. The first-order valence-electron chi connectivity index (χ1n) is 9.79. The maximum Gasteiger partial charge on any atom is 0.257 e. The van der Waals surface area contributed by atoms with Gasteiger partial charge in [-0.2, -0.15) is 0 Å². The van der Waals surface area contributed by atoms with Crippen LogP contribution in [0.1, 0.15) is 22.1 Å². The number of carbonyl (C=O) groups excluding carboxylic acids is 1. The third-order valence-corrected chi connectivity index (χ3v) is 5.99. The monoisotopic (exact) mass is 511 g/mol. The largest absolute Gasteiger partial charge is 0.375 e. The van der Waals surface area contributed by atoms with Crippen molar-refractivity contribution >= 4 is 52.3 Å². The Morgan fingerprint density at radius 2 is 1.94 bits per heavy atom. The lowest BCUT2D eigenvalue weighted by atomic mass is 10.1. The molecule has 8 heteroatoms. The molecule has 1 heterocycles. The van der Waals surface area contributed by atoms with Crippen molar-refractivity contribution < 1.29 is 14.3 Å². The molecule has 2 aromatic carbocycles. The number of ether oxygens (including phenoxy) is 2. The van der Waals surface area contributed by atoms with Gasteiger partial charge in [-0.05, 0) is 36.4 Å². The highest BCUT2D eigenvalue weighted by Gasteiger charge is 2.38. The van der Waals surface area contributed by atoms with E-state index >= 15 is 0 Å². The van der Waals surface area contributed by atoms with Gasteiger partial charge in [0, 0.05) is 10.6 Å². The predicted octanol–water partition coefficient (Wildman–Crippen LogP) is 7.07. The molecule has 3 rings (SSSR count). The topological polar surface area (TPSA) is 38.8 Å². The Labute approximate surface area is 207 Å². The average Bonchev–Trinajstić information content (AvgIpc) is 3.19. The summed E-state index contributed by atoms with van der Waals surface area (Å²) >= 11 is 24.5. The number of rotatable bonds is 8. The van der Waals surface area contributed by atoms with Gasteiger partial charge in [0.2, 0.25) is 0 Å². The number of benzene rings is 2. The minimum Gasteiger partial charge on any atom is -0.375 e. The van der Waals surface area contributed by atoms with Gasteiger partial charge >= 0.3 is 0 Å². The average molecular weight is 513 g/mol. The first-order chi connectivity index (χ1) is 15.4. The van der Waals surface area contributed by atoms with Crippen molar-refractivity contribution in [1.29, 1.82) is 0 Å². The Kier molecular flexibility index (Phi) is 9.23. The summed E-state index contributed by atoms with van der Waals surface area (Å²) in [6.45, 7) is 4.55. The van der Waals surface area contributed by atoms with Gasteiger partial charge in [-0.15, -0.1) is 0 Å². The van der Waals surface area contributed by atoms with Gasteiger partial charge in [0.1, 0.15) is 6.10 Å². The molecule has 168 valence electrons. The van der Waals surface area contributed by atoms with E-state index in [-0.39, 0.29) is 18.6 Å². The van der Waals surface area contributed by atoms with Gasteiger partial charge in [0.25, 0.3) is 5.91 Å². The van der Waals surface area contributed by atoms with Crippen molar-refractivity contribution in [1.82, 2.24) is 4.90 Å². The van der Waals surface area contributed by atoms with Crippen LogP contribution in [0.5, 0.6) is 0 Å². The summed E-state index contributed by atoms with van der Waals surface area (Å²) in [5.74, 6) is -0.240. The van der Waals surface area contributed by atoms with Crippen LogP contribution < -0.4 is 0 Å². The molecule has 0 N–H and O–H groups in total. The van der Waals surface area contributed by atoms with Crippen molar-refractivity contribution in [2.45, 2.75) is 12.3 Å². The van der Waals surface area contributed by atoms with E-state index in [1.807, 2.05) is 0 Å². The maximum absolute atomic E-state index is 13.3. The predicted molar refractivity (Wildman–Crippen MR) is 131 cm³/mol. The molecule has 0 spiro atoms. The molecule has 0 aliphatic carbocycles. The van der Waals surface area contributed by atoms with Gasteiger partial charge < -0.3 is 14.4 Å². The molecule has 32 heavy (non-hydrogen) atoms. The smallest absolute Gasteiger partial charge is 0.257 e. The zero-order valence-electron chi connectivity index (χ0n) is 17.0. The van der Waals surface area contributed by atoms with Crippen LogP contribution in [0.15, 0.2) is 78.4 Å². The zero-order valence-corrected chi connectivity index (χ0v) is 20.0. The normalized spacial score (nSPS) is 19.0. The van der Waals surface area contributed by atoms with Crippen molar-refractivity contribution in [3.8, 4) is 0 Å². The summed E-state index contributed by atoms with van der Waals surface area (Å²) in [5.41, 5.74) is 1.11. The molecule has 1 aliphatic rings. The molecule has 1 saturated heterocycles. The van der Waals surface area contributed by atoms with E-state index in [0.717, 1.165) is 0 Å². The molecule has 1 amide bonds. The first kappa shape index (κ1) is 24.8. The fourth-order valence-corrected chi connectivity index (χ4v) is 3.91. The summed E-state index contributed by atoms with van der Waals surface area (Å²) in [5, 5.41) is 1.73. The number of carbonyl (C=O) groups is 1. The van der Waals surface area contributed by atoms with E-state index < -0.39 is 6.23 Å². The van der Waals surface area contributed by atoms with Gasteiger partial charge in [0.05, 0.1) is 40.4 Å². The van der Waals surface area contributed by atoms with Crippen LogP contribution in [-0.4, -0.2) is 36.7 Å². The summed E-state index contributed by atoms with van der Waals surface area (Å²) in [4.78, 5) is 14.9. The number of hydrogen-bond acceptors (Lipinski definition) is 3. The minimum atomic E-state index is -0.650. The minimum absolute atomic E-state index is 0.240. The molecule has 1 fully saturated rings. The standard InChI is InChI=1S/C24H21Cl4NO3/c1-2-6-17(25)7-5-12-31-15-18-14-29(23(30)19-8-3-4-9-20(19)26)24(32-18)16-10-11-21(27)22(28)13-16/h2-11,13,18,24H,1,12,14-15H2/b7-5-,17-6+. The number of nitrogens with zero attached hydrogens (tertiary/aromatic N) is 1. The number of halogens is 4. The van der Waals surface area contributed by atoms with Crippen LogP contribution >= 0.6 is 46.4 Å². The molecule has 0 aromatic heterocycles. The summed E-state index contributed by atoms with van der Waals surface area (Å²) in [6.07, 6.45) is 5.81. The van der Waals surface area contributed by atoms with E-state index in [2.05, 4.69) is 6.58 Å². The van der Waals surface area contributed by atoms with E-state index in [9.17, 15) is 4.79 Å². The van der Waals surface area contributed by atoms with E-state index in [1.54, 1.807) is 71.7 Å². The second kappa shape index (κ2) is 11.9. The van der Waals surface area contributed by atoms with Crippen LogP contribution in [0.2, 0.25) is 15.1 Å². The third kappa shape index (κ3) is 6.38. The first-order valence-corrected chi connectivity index (χ1v) is 11.3. The Balaban J connectivity index is 1.74. The van der Waals surface area contributed by atoms with Gasteiger partial charge in [-0.1, -0.05) is 83.3 Å².